The van der Waals surface area contributed by atoms with Gasteiger partial charge in [-0.2, -0.15) is 0 Å². The minimum absolute atomic E-state index is 0.728. The van der Waals surface area contributed by atoms with Crippen LogP contribution in [0, 0.1) is 6.92 Å². The van der Waals surface area contributed by atoms with Crippen LogP contribution >= 0.6 is 0 Å². The van der Waals surface area contributed by atoms with Crippen molar-refractivity contribution >= 4 is 0 Å². The summed E-state index contributed by atoms with van der Waals surface area (Å²) < 4.78 is 10.5. The van der Waals surface area contributed by atoms with Crippen LogP contribution in [0.2, 0.25) is 0 Å². The Kier molecular flexibility index (Phi) is 3.25. The highest BCUT2D eigenvalue weighted by atomic mass is 16.5. The van der Waals surface area contributed by atoms with Crippen molar-refractivity contribution in [2.45, 2.75) is 26.4 Å². The van der Waals surface area contributed by atoms with E-state index < -0.39 is 5.60 Å². The van der Waals surface area contributed by atoms with Crippen molar-refractivity contribution < 1.29 is 14.6 Å². The van der Waals surface area contributed by atoms with Gasteiger partial charge < -0.3 is 14.6 Å². The van der Waals surface area contributed by atoms with Crippen LogP contribution in [0.3, 0.4) is 0 Å². The lowest BCUT2D eigenvalue weighted by Crippen LogP contribution is -2.16. The highest BCUT2D eigenvalue weighted by molar-refractivity contribution is 5.48. The third-order valence-electron chi connectivity index (χ3n) is 2.46. The fraction of sp³-hybridized carbons (Fsp3) is 0.500. The minimum Gasteiger partial charge on any atom is -0.496 e. The van der Waals surface area contributed by atoms with Gasteiger partial charge in [0.25, 0.3) is 0 Å². The first kappa shape index (κ1) is 11.9. The molecule has 0 fully saturated rings. The Labute approximate surface area is 90.6 Å². The Bertz CT molecular complexity index is 325. The fourth-order valence-electron chi connectivity index (χ4n) is 1.44. The average Bonchev–Trinajstić information content (AvgIpc) is 2.16. The van der Waals surface area contributed by atoms with Gasteiger partial charge in [0.05, 0.1) is 19.8 Å². The highest BCUT2D eigenvalue weighted by Crippen LogP contribution is 2.33. The molecule has 3 nitrogen and oxygen atoms in total. The van der Waals surface area contributed by atoms with E-state index in [0.29, 0.717) is 0 Å². The summed E-state index contributed by atoms with van der Waals surface area (Å²) in [5.41, 5.74) is 0.823. The molecule has 0 aliphatic carbocycles. The second kappa shape index (κ2) is 4.11. The summed E-state index contributed by atoms with van der Waals surface area (Å²) >= 11 is 0. The lowest BCUT2D eigenvalue weighted by molar-refractivity contribution is 0.0780. The molecule has 1 rings (SSSR count). The van der Waals surface area contributed by atoms with Gasteiger partial charge in [-0.3, -0.25) is 0 Å². The van der Waals surface area contributed by atoms with Crippen LogP contribution in [0.4, 0.5) is 0 Å². The summed E-state index contributed by atoms with van der Waals surface area (Å²) in [5.74, 6) is 1.46. The van der Waals surface area contributed by atoms with Crippen molar-refractivity contribution in [3.05, 3.63) is 23.3 Å². The Morgan fingerprint density at radius 2 is 1.47 bits per heavy atom. The molecule has 1 aromatic carbocycles. The SMILES string of the molecule is COc1cc(C(C)(C)O)cc(OC)c1C. The maximum atomic E-state index is 9.91. The molecule has 15 heavy (non-hydrogen) atoms. The summed E-state index contributed by atoms with van der Waals surface area (Å²) in [7, 11) is 3.21. The average molecular weight is 210 g/mol. The Balaban J connectivity index is 3.33. The minimum atomic E-state index is -0.895. The Morgan fingerprint density at radius 3 is 1.73 bits per heavy atom. The van der Waals surface area contributed by atoms with Gasteiger partial charge >= 0.3 is 0 Å². The summed E-state index contributed by atoms with van der Waals surface area (Å²) in [6, 6.07) is 3.66. The molecule has 0 radical (unpaired) electrons. The van der Waals surface area contributed by atoms with Crippen molar-refractivity contribution in [3.63, 3.8) is 0 Å². The summed E-state index contributed by atoms with van der Waals surface area (Å²) in [6.07, 6.45) is 0. The molecule has 84 valence electrons. The van der Waals surface area contributed by atoms with Crippen LogP contribution in [-0.2, 0) is 5.60 Å². The van der Waals surface area contributed by atoms with E-state index in [1.165, 1.54) is 0 Å². The number of rotatable bonds is 3. The van der Waals surface area contributed by atoms with Gasteiger partial charge in [-0.25, -0.2) is 0 Å². The number of ether oxygens (including phenoxy) is 2. The molecule has 0 amide bonds. The maximum Gasteiger partial charge on any atom is 0.125 e. The van der Waals surface area contributed by atoms with E-state index in [2.05, 4.69) is 0 Å². The lowest BCUT2D eigenvalue weighted by Gasteiger charge is -2.21. The quantitative estimate of drug-likeness (QED) is 0.831. The van der Waals surface area contributed by atoms with Gasteiger partial charge in [0.1, 0.15) is 11.5 Å². The molecular formula is C12H18O3. The predicted octanol–water partition coefficient (Wildman–Crippen LogP) is 2.24. The van der Waals surface area contributed by atoms with Crippen LogP contribution < -0.4 is 9.47 Å². The standard InChI is InChI=1S/C12H18O3/c1-8-10(14-4)6-9(12(2,3)13)7-11(8)15-5/h6-7,13H,1-5H3. The zero-order valence-corrected chi connectivity index (χ0v) is 9.92. The second-order valence-corrected chi connectivity index (χ2v) is 4.06. The number of aliphatic hydroxyl groups is 1. The number of benzene rings is 1. The molecule has 0 aliphatic rings. The van der Waals surface area contributed by atoms with Crippen molar-refractivity contribution in [3.8, 4) is 11.5 Å². The van der Waals surface area contributed by atoms with Crippen LogP contribution in [-0.4, -0.2) is 19.3 Å². The number of hydrogen-bond donors (Lipinski definition) is 1. The molecule has 1 N–H and O–H groups in total. The molecule has 0 spiro atoms. The number of hydrogen-bond acceptors (Lipinski definition) is 3. The van der Waals surface area contributed by atoms with E-state index in [9.17, 15) is 5.11 Å². The van der Waals surface area contributed by atoms with Crippen molar-refractivity contribution in [1.29, 1.82) is 0 Å². The molecule has 0 saturated heterocycles. The first-order valence-corrected chi connectivity index (χ1v) is 4.85. The van der Waals surface area contributed by atoms with Gasteiger partial charge in [-0.1, -0.05) is 0 Å². The summed E-state index contributed by atoms with van der Waals surface area (Å²) in [4.78, 5) is 0. The molecule has 3 heteroatoms. The first-order chi connectivity index (χ1) is 6.90. The van der Waals surface area contributed by atoms with E-state index in [4.69, 9.17) is 9.47 Å². The van der Waals surface area contributed by atoms with Crippen molar-refractivity contribution in [2.24, 2.45) is 0 Å². The predicted molar refractivity (Wildman–Crippen MR) is 59.5 cm³/mol. The zero-order chi connectivity index (χ0) is 11.6. The van der Waals surface area contributed by atoms with E-state index in [0.717, 1.165) is 22.6 Å². The van der Waals surface area contributed by atoms with Crippen LogP contribution in [0.5, 0.6) is 11.5 Å². The smallest absolute Gasteiger partial charge is 0.125 e. The fourth-order valence-corrected chi connectivity index (χ4v) is 1.44. The second-order valence-electron chi connectivity index (χ2n) is 4.06. The molecular weight excluding hydrogens is 192 g/mol. The molecule has 0 unspecified atom stereocenters. The lowest BCUT2D eigenvalue weighted by atomic mass is 9.96. The van der Waals surface area contributed by atoms with Gasteiger partial charge in [0.2, 0.25) is 0 Å². The van der Waals surface area contributed by atoms with E-state index in [-0.39, 0.29) is 0 Å². The topological polar surface area (TPSA) is 38.7 Å². The molecule has 0 bridgehead atoms. The normalized spacial score (nSPS) is 11.3. The first-order valence-electron chi connectivity index (χ1n) is 4.85. The number of methoxy groups -OCH3 is 2. The molecule has 1 aromatic rings. The van der Waals surface area contributed by atoms with Crippen LogP contribution in [0.15, 0.2) is 12.1 Å². The molecule has 0 heterocycles. The van der Waals surface area contributed by atoms with Gasteiger partial charge in [-0.05, 0) is 38.5 Å². The van der Waals surface area contributed by atoms with Gasteiger partial charge in [0.15, 0.2) is 0 Å². The third kappa shape index (κ3) is 2.42. The van der Waals surface area contributed by atoms with Crippen molar-refractivity contribution in [1.82, 2.24) is 0 Å². The Morgan fingerprint density at radius 1 is 1.07 bits per heavy atom. The monoisotopic (exact) mass is 210 g/mol. The molecule has 0 saturated carbocycles. The van der Waals surface area contributed by atoms with Gasteiger partial charge in [0, 0.05) is 5.56 Å². The summed E-state index contributed by atoms with van der Waals surface area (Å²) in [5, 5.41) is 9.91. The van der Waals surface area contributed by atoms with E-state index >= 15 is 0 Å². The Hall–Kier alpha value is -1.22. The van der Waals surface area contributed by atoms with Crippen LogP contribution in [0.1, 0.15) is 25.0 Å². The van der Waals surface area contributed by atoms with E-state index in [1.807, 2.05) is 19.1 Å². The van der Waals surface area contributed by atoms with E-state index in [1.54, 1.807) is 28.1 Å². The molecule has 0 atom stereocenters. The third-order valence-corrected chi connectivity index (χ3v) is 2.46. The van der Waals surface area contributed by atoms with Gasteiger partial charge in [-0.15, -0.1) is 0 Å². The van der Waals surface area contributed by atoms with Crippen molar-refractivity contribution in [2.75, 3.05) is 14.2 Å². The molecule has 0 aliphatic heterocycles. The highest BCUT2D eigenvalue weighted by Gasteiger charge is 2.19. The maximum absolute atomic E-state index is 9.91. The van der Waals surface area contributed by atoms with Crippen LogP contribution in [0.25, 0.3) is 0 Å². The largest absolute Gasteiger partial charge is 0.496 e. The summed E-state index contributed by atoms with van der Waals surface area (Å²) in [6.45, 7) is 5.39. The zero-order valence-electron chi connectivity index (χ0n) is 9.92. The molecule has 0 aromatic heterocycles.